The molecule has 0 spiro atoms. The minimum Gasteiger partial charge on any atom is -0.480 e. The van der Waals surface area contributed by atoms with E-state index < -0.39 is 0 Å². The summed E-state index contributed by atoms with van der Waals surface area (Å²) in [6.45, 7) is 9.55. The van der Waals surface area contributed by atoms with Crippen LogP contribution in [0, 0.1) is 13.8 Å². The lowest BCUT2D eigenvalue weighted by Crippen LogP contribution is -2.56. The summed E-state index contributed by atoms with van der Waals surface area (Å²) in [5.74, 6) is 0.755. The van der Waals surface area contributed by atoms with E-state index in [0.717, 1.165) is 30.2 Å². The number of aromatic nitrogens is 2. The molecule has 0 unspecified atom stereocenters. The number of amides is 1. The molecule has 1 N–H and O–H groups in total. The SMILES string of the molecule is Cc1nn(C)c(C)c1OCC(=O)N1C[C@@H](C)N[C@H](C)C1. The van der Waals surface area contributed by atoms with Gasteiger partial charge in [0, 0.05) is 32.2 Å². The number of nitrogens with zero attached hydrogens (tertiary/aromatic N) is 3. The van der Waals surface area contributed by atoms with Crippen LogP contribution in [-0.2, 0) is 11.8 Å². The number of rotatable bonds is 3. The molecule has 0 aliphatic carbocycles. The van der Waals surface area contributed by atoms with Gasteiger partial charge in [0.25, 0.3) is 5.91 Å². The van der Waals surface area contributed by atoms with Crippen LogP contribution in [0.25, 0.3) is 0 Å². The van der Waals surface area contributed by atoms with Crippen molar-refractivity contribution in [1.82, 2.24) is 20.0 Å². The zero-order valence-electron chi connectivity index (χ0n) is 12.9. The molecule has 1 amide bonds. The number of aryl methyl sites for hydroxylation is 2. The van der Waals surface area contributed by atoms with Crippen molar-refractivity contribution in [3.05, 3.63) is 11.4 Å². The fourth-order valence-corrected chi connectivity index (χ4v) is 2.72. The highest BCUT2D eigenvalue weighted by molar-refractivity contribution is 5.78. The zero-order valence-corrected chi connectivity index (χ0v) is 12.9. The van der Waals surface area contributed by atoms with Crippen LogP contribution >= 0.6 is 0 Å². The van der Waals surface area contributed by atoms with Gasteiger partial charge in [0.2, 0.25) is 0 Å². The molecule has 0 saturated carbocycles. The van der Waals surface area contributed by atoms with Crippen molar-refractivity contribution in [2.75, 3.05) is 19.7 Å². The average Bonchev–Trinajstić information content (AvgIpc) is 2.60. The average molecular weight is 280 g/mol. The lowest BCUT2D eigenvalue weighted by atomic mass is 10.1. The van der Waals surface area contributed by atoms with Crippen LogP contribution in [0.3, 0.4) is 0 Å². The predicted molar refractivity (Wildman–Crippen MR) is 76.8 cm³/mol. The Morgan fingerprint density at radius 1 is 1.35 bits per heavy atom. The summed E-state index contributed by atoms with van der Waals surface area (Å²) >= 11 is 0. The largest absolute Gasteiger partial charge is 0.480 e. The van der Waals surface area contributed by atoms with E-state index in [-0.39, 0.29) is 12.5 Å². The summed E-state index contributed by atoms with van der Waals surface area (Å²) < 4.78 is 7.45. The number of ether oxygens (including phenoxy) is 1. The third-order valence-corrected chi connectivity index (χ3v) is 3.69. The molecule has 6 heteroatoms. The van der Waals surface area contributed by atoms with Gasteiger partial charge in [-0.25, -0.2) is 0 Å². The topological polar surface area (TPSA) is 59.4 Å². The van der Waals surface area contributed by atoms with Crippen molar-refractivity contribution < 1.29 is 9.53 Å². The van der Waals surface area contributed by atoms with Crippen molar-refractivity contribution in [1.29, 1.82) is 0 Å². The summed E-state index contributed by atoms with van der Waals surface area (Å²) in [5.41, 5.74) is 1.76. The second-order valence-electron chi connectivity index (χ2n) is 5.68. The molecule has 2 heterocycles. The Kier molecular flexibility index (Phi) is 4.32. The number of carbonyl (C=O) groups is 1. The molecule has 1 aliphatic rings. The second-order valence-corrected chi connectivity index (χ2v) is 5.68. The summed E-state index contributed by atoms with van der Waals surface area (Å²) in [5, 5.41) is 7.69. The second kappa shape index (κ2) is 5.83. The van der Waals surface area contributed by atoms with E-state index in [0.29, 0.717) is 12.1 Å². The van der Waals surface area contributed by atoms with Crippen molar-refractivity contribution in [2.24, 2.45) is 7.05 Å². The lowest BCUT2D eigenvalue weighted by molar-refractivity contribution is -0.135. The molecule has 0 radical (unpaired) electrons. The maximum absolute atomic E-state index is 12.2. The molecule has 1 saturated heterocycles. The van der Waals surface area contributed by atoms with E-state index in [1.165, 1.54) is 0 Å². The predicted octanol–water partition coefficient (Wildman–Crippen LogP) is 0.625. The first-order valence-electron chi connectivity index (χ1n) is 7.05. The standard InChI is InChI=1S/C14H24N4O2/c1-9-6-18(7-10(2)15-9)13(19)8-20-14-11(3)16-17(5)12(14)4/h9-10,15H,6-8H2,1-5H3/t9-,10-/m1/s1. The van der Waals surface area contributed by atoms with Gasteiger partial charge in [-0.05, 0) is 27.7 Å². The highest BCUT2D eigenvalue weighted by Gasteiger charge is 2.25. The van der Waals surface area contributed by atoms with Gasteiger partial charge < -0.3 is 15.0 Å². The van der Waals surface area contributed by atoms with Crippen LogP contribution in [0.5, 0.6) is 5.75 Å². The van der Waals surface area contributed by atoms with Gasteiger partial charge in [0.15, 0.2) is 12.4 Å². The van der Waals surface area contributed by atoms with Crippen LogP contribution < -0.4 is 10.1 Å². The smallest absolute Gasteiger partial charge is 0.260 e. The fraction of sp³-hybridized carbons (Fsp3) is 0.714. The van der Waals surface area contributed by atoms with Gasteiger partial charge in [-0.1, -0.05) is 0 Å². The van der Waals surface area contributed by atoms with Gasteiger partial charge >= 0.3 is 0 Å². The molecule has 1 aliphatic heterocycles. The Hall–Kier alpha value is -1.56. The number of nitrogens with one attached hydrogen (secondary N) is 1. The molecule has 6 nitrogen and oxygen atoms in total. The molecule has 0 aromatic carbocycles. The molecule has 0 bridgehead atoms. The molecule has 2 rings (SSSR count). The highest BCUT2D eigenvalue weighted by atomic mass is 16.5. The van der Waals surface area contributed by atoms with Crippen LogP contribution in [0.15, 0.2) is 0 Å². The van der Waals surface area contributed by atoms with Crippen LogP contribution in [0.1, 0.15) is 25.2 Å². The molecular formula is C14H24N4O2. The molecule has 1 aromatic heterocycles. The van der Waals surface area contributed by atoms with Crippen LogP contribution in [0.4, 0.5) is 0 Å². The van der Waals surface area contributed by atoms with Crippen molar-refractivity contribution in [2.45, 2.75) is 39.8 Å². The van der Waals surface area contributed by atoms with Gasteiger partial charge in [-0.3, -0.25) is 9.48 Å². The van der Waals surface area contributed by atoms with E-state index in [4.69, 9.17) is 4.74 Å². The number of hydrogen-bond donors (Lipinski definition) is 1. The minimum atomic E-state index is 0.0350. The first-order valence-corrected chi connectivity index (χ1v) is 7.05. The summed E-state index contributed by atoms with van der Waals surface area (Å²) in [7, 11) is 1.87. The van der Waals surface area contributed by atoms with Crippen LogP contribution in [-0.4, -0.2) is 52.4 Å². The fourth-order valence-electron chi connectivity index (χ4n) is 2.72. The van der Waals surface area contributed by atoms with E-state index >= 15 is 0 Å². The van der Waals surface area contributed by atoms with Gasteiger partial charge in [0.05, 0.1) is 5.69 Å². The van der Waals surface area contributed by atoms with E-state index in [1.54, 1.807) is 4.68 Å². The Bertz CT molecular complexity index is 488. The van der Waals surface area contributed by atoms with Crippen molar-refractivity contribution in [3.8, 4) is 5.75 Å². The monoisotopic (exact) mass is 280 g/mol. The van der Waals surface area contributed by atoms with E-state index in [1.807, 2.05) is 25.8 Å². The van der Waals surface area contributed by atoms with E-state index in [9.17, 15) is 4.79 Å². The number of piperazine rings is 1. The number of carbonyl (C=O) groups excluding carboxylic acids is 1. The van der Waals surface area contributed by atoms with Crippen molar-refractivity contribution >= 4 is 5.91 Å². The quantitative estimate of drug-likeness (QED) is 0.882. The maximum atomic E-state index is 12.2. The third kappa shape index (κ3) is 3.12. The summed E-state index contributed by atoms with van der Waals surface area (Å²) in [6.07, 6.45) is 0. The summed E-state index contributed by atoms with van der Waals surface area (Å²) in [4.78, 5) is 14.1. The minimum absolute atomic E-state index is 0.0350. The Morgan fingerprint density at radius 3 is 2.45 bits per heavy atom. The molecule has 2 atom stereocenters. The Morgan fingerprint density at radius 2 is 1.95 bits per heavy atom. The normalized spacial score (nSPS) is 22.9. The van der Waals surface area contributed by atoms with Crippen molar-refractivity contribution in [3.63, 3.8) is 0 Å². The van der Waals surface area contributed by atoms with Gasteiger partial charge in [-0.15, -0.1) is 0 Å². The first-order chi connectivity index (χ1) is 9.38. The Labute approximate surface area is 120 Å². The summed E-state index contributed by atoms with van der Waals surface area (Å²) in [6, 6.07) is 0.647. The van der Waals surface area contributed by atoms with Gasteiger partial charge in [0.1, 0.15) is 5.69 Å². The molecule has 20 heavy (non-hydrogen) atoms. The number of hydrogen-bond acceptors (Lipinski definition) is 4. The zero-order chi connectivity index (χ0) is 14.9. The highest BCUT2D eigenvalue weighted by Crippen LogP contribution is 2.21. The Balaban J connectivity index is 1.95. The first kappa shape index (κ1) is 14.8. The molecular weight excluding hydrogens is 256 g/mol. The third-order valence-electron chi connectivity index (χ3n) is 3.69. The molecule has 112 valence electrons. The lowest BCUT2D eigenvalue weighted by Gasteiger charge is -2.36. The molecule has 1 fully saturated rings. The van der Waals surface area contributed by atoms with E-state index in [2.05, 4.69) is 24.3 Å². The van der Waals surface area contributed by atoms with Gasteiger partial charge in [-0.2, -0.15) is 5.10 Å². The maximum Gasteiger partial charge on any atom is 0.260 e. The molecule has 1 aromatic rings. The van der Waals surface area contributed by atoms with Crippen LogP contribution in [0.2, 0.25) is 0 Å².